The number of rotatable bonds is 3. The third kappa shape index (κ3) is 1.91. The SMILES string of the molecule is CC(C)(C)C12c3c4c5c6c7c8c9cc%10c%11c(c%12c1c1c%13c3c5c3c5c6c6c7c7c9c9c%10c%10c%11c%11c%12c%12c1c1c%13c3c3c5c5c6c6c7c9c7c%10c9c%11c%12c%10c1c3c1c%10c9c7c6c51)C2CC48C1C=C(C2CC2)C=CC(C2CC2)=C1. The Balaban J connectivity index is 1.09. The summed E-state index contributed by atoms with van der Waals surface area (Å²) in [5.41, 5.74) is 11.9. The van der Waals surface area contributed by atoms with Gasteiger partial charge in [0.25, 0.3) is 0 Å². The lowest BCUT2D eigenvalue weighted by atomic mass is 9.43. The third-order valence-electron chi connectivity index (χ3n) is 28.3. The normalized spacial score (nSPS) is 25.5. The predicted molar refractivity (Wildman–Crippen MR) is 326 cm³/mol. The predicted octanol–water partition coefficient (Wildman–Crippen LogP) is 21.1. The minimum Gasteiger partial charge on any atom is -0.0729 e. The van der Waals surface area contributed by atoms with E-state index in [1.54, 1.807) is 286 Å². The lowest BCUT2D eigenvalue weighted by Crippen LogP contribution is -2.54. The Morgan fingerprint density at radius 3 is 1.04 bits per heavy atom. The van der Waals surface area contributed by atoms with E-state index in [1.165, 1.54) is 32.1 Å². The fourth-order valence-corrected chi connectivity index (χ4v) is 27.2. The molecule has 2 fully saturated rings. The summed E-state index contributed by atoms with van der Waals surface area (Å²) in [4.78, 5) is 0. The van der Waals surface area contributed by atoms with Crippen LogP contribution >= 0.6 is 0 Å². The number of benzene rings is 16. The number of allylic oxidation sites excluding steroid dienone is 6. The maximum Gasteiger partial charge on any atom is 0.0342 e. The van der Waals surface area contributed by atoms with Crippen molar-refractivity contribution in [3.63, 3.8) is 0 Å². The molecule has 0 heteroatoms. The summed E-state index contributed by atoms with van der Waals surface area (Å²) in [6.45, 7) is 8.29. The minimum atomic E-state index is -0.259. The first kappa shape index (κ1) is 31.2. The number of hydrogen-bond donors (Lipinski definition) is 0. The van der Waals surface area contributed by atoms with Crippen molar-refractivity contribution in [3.8, 4) is 0 Å². The minimum absolute atomic E-state index is 0.0676. The van der Waals surface area contributed by atoms with E-state index in [2.05, 4.69) is 51.1 Å². The third-order valence-corrected chi connectivity index (χ3v) is 28.3. The molecule has 7 aliphatic carbocycles. The van der Waals surface area contributed by atoms with Gasteiger partial charge in [-0.15, -0.1) is 0 Å². The smallest absolute Gasteiger partial charge is 0.0342 e. The highest BCUT2D eigenvalue weighted by atomic mass is 14.7. The Hall–Kier alpha value is -8.06. The van der Waals surface area contributed by atoms with Crippen LogP contribution in [0.15, 0.2) is 41.5 Å². The van der Waals surface area contributed by atoms with Crippen LogP contribution in [0.3, 0.4) is 0 Å². The molecule has 33 rings (SSSR count). The molecule has 3 atom stereocenters. The number of hydrogen-bond acceptors (Lipinski definition) is 0. The molecule has 0 nitrogen and oxygen atoms in total. The summed E-state index contributed by atoms with van der Waals surface area (Å²) in [7, 11) is 0. The second kappa shape index (κ2) is 7.39. The molecule has 0 N–H and O–H groups in total. The van der Waals surface area contributed by atoms with Crippen LogP contribution in [0.1, 0.15) is 86.6 Å². The summed E-state index contributed by atoms with van der Waals surface area (Å²) >= 11 is 0. The lowest BCUT2D eigenvalue weighted by Gasteiger charge is -2.59. The second-order valence-electron chi connectivity index (χ2n) is 30.4. The average molecular weight is 953 g/mol. The van der Waals surface area contributed by atoms with Gasteiger partial charge in [0, 0.05) is 22.7 Å². The van der Waals surface area contributed by atoms with Crippen LogP contribution in [-0.2, 0) is 10.8 Å². The zero-order valence-electron chi connectivity index (χ0n) is 41.7. The first-order valence-corrected chi connectivity index (χ1v) is 30.1. The fourth-order valence-electron chi connectivity index (χ4n) is 27.2. The van der Waals surface area contributed by atoms with Gasteiger partial charge in [-0.2, -0.15) is 0 Å². The first-order chi connectivity index (χ1) is 38.0. The summed E-state index contributed by atoms with van der Waals surface area (Å²) in [5, 5.41) is 84.5. The lowest BCUT2D eigenvalue weighted by molar-refractivity contribution is 0.154. The Morgan fingerprint density at radius 1 is 0.312 bits per heavy atom. The first-order valence-electron chi connectivity index (χ1n) is 30.1. The molecule has 0 saturated heterocycles. The van der Waals surface area contributed by atoms with Gasteiger partial charge >= 0.3 is 0 Å². The van der Waals surface area contributed by atoms with Crippen molar-refractivity contribution in [2.45, 2.75) is 69.6 Å². The zero-order valence-corrected chi connectivity index (χ0v) is 41.7. The van der Waals surface area contributed by atoms with Crippen molar-refractivity contribution in [2.24, 2.45) is 23.2 Å². The quantitative estimate of drug-likeness (QED) is 0.155. The summed E-state index contributed by atoms with van der Waals surface area (Å²) in [5.74, 6) is 1.98. The van der Waals surface area contributed by atoms with Crippen molar-refractivity contribution < 1.29 is 0 Å². The summed E-state index contributed by atoms with van der Waals surface area (Å²) < 4.78 is 0. The van der Waals surface area contributed by atoms with Gasteiger partial charge in [-0.1, -0.05) is 45.1 Å². The van der Waals surface area contributed by atoms with Gasteiger partial charge in [0.05, 0.1) is 0 Å². The molecule has 26 aromatic carbocycles. The van der Waals surface area contributed by atoms with Gasteiger partial charge in [-0.25, -0.2) is 0 Å². The summed E-state index contributed by atoms with van der Waals surface area (Å²) in [6.07, 6.45) is 17.9. The van der Waals surface area contributed by atoms with Crippen molar-refractivity contribution >= 4 is 269 Å². The topological polar surface area (TPSA) is 0 Å². The molecule has 0 radical (unpaired) electrons. The molecule has 0 aromatic heterocycles. The standard InChI is InChI=1S/C77H28/c1-75(2,3)77-21-13-76(18-10-16(14-4-5-14)8-9-17(11-18)15-6-7-15)71-20-12-19-22-25(21)66-61-33-27(22)28-23(19)26-24(20)29-32-30(26)34-31(28)35-37(33)51-48-42-39(35)38(34)40-36(32)49-44-41(40)43(42)45-47-46(44)52-56-53(47)58-55(50(45)48)62(59(51)61)68(72(66)77)64(58)70-65(56)69(73(76)74(70)77)63-57(52)54(49)60(29)67(63)71/h8-12,14-15,18,21H,4-7,13H2,1-3H3. The largest absolute Gasteiger partial charge is 0.0729 e. The van der Waals surface area contributed by atoms with E-state index in [0.29, 0.717) is 17.8 Å². The van der Waals surface area contributed by atoms with Crippen LogP contribution in [0.4, 0.5) is 0 Å². The van der Waals surface area contributed by atoms with E-state index in [1.807, 2.05) is 22.3 Å². The molecule has 0 amide bonds. The van der Waals surface area contributed by atoms with E-state index in [4.69, 9.17) is 0 Å². The molecule has 0 spiro atoms. The molecule has 0 heterocycles. The van der Waals surface area contributed by atoms with E-state index < -0.39 is 0 Å². The highest BCUT2D eigenvalue weighted by Crippen LogP contribution is 2.85. The van der Waals surface area contributed by atoms with Crippen molar-refractivity contribution in [3.05, 3.63) is 69.3 Å². The Kier molecular flexibility index (Phi) is 3.00. The Labute approximate surface area is 429 Å². The highest BCUT2D eigenvalue weighted by Gasteiger charge is 2.70. The van der Waals surface area contributed by atoms with Crippen LogP contribution < -0.4 is 0 Å². The Bertz CT molecular complexity index is 7520. The summed E-state index contributed by atoms with van der Waals surface area (Å²) in [6, 6.07) is 2.99. The van der Waals surface area contributed by atoms with Gasteiger partial charge < -0.3 is 0 Å². The molecular weight excluding hydrogens is 925 g/mol. The van der Waals surface area contributed by atoms with Crippen LogP contribution in [0.25, 0.3) is 269 Å². The Morgan fingerprint density at radius 2 is 0.623 bits per heavy atom. The van der Waals surface area contributed by atoms with Crippen LogP contribution in [0.2, 0.25) is 0 Å². The molecular formula is C77H28. The van der Waals surface area contributed by atoms with Gasteiger partial charge in [0.1, 0.15) is 0 Å². The maximum absolute atomic E-state index is 2.99. The second-order valence-corrected chi connectivity index (χ2v) is 30.4. The monoisotopic (exact) mass is 952 g/mol. The zero-order chi connectivity index (χ0) is 46.8. The van der Waals surface area contributed by atoms with Crippen molar-refractivity contribution in [1.82, 2.24) is 0 Å². The van der Waals surface area contributed by atoms with Gasteiger partial charge in [-0.05, 0) is 364 Å². The molecule has 26 aromatic rings. The highest BCUT2D eigenvalue weighted by molar-refractivity contribution is 6.80. The van der Waals surface area contributed by atoms with Crippen molar-refractivity contribution in [2.75, 3.05) is 0 Å². The van der Waals surface area contributed by atoms with Gasteiger partial charge in [-0.3, -0.25) is 0 Å². The van der Waals surface area contributed by atoms with E-state index in [0.717, 1.165) is 0 Å². The van der Waals surface area contributed by atoms with E-state index in [-0.39, 0.29) is 22.2 Å². The molecule has 7 aliphatic rings. The maximum atomic E-state index is 2.99. The molecule has 0 aliphatic heterocycles. The van der Waals surface area contributed by atoms with Gasteiger partial charge in [0.15, 0.2) is 0 Å². The van der Waals surface area contributed by atoms with Crippen LogP contribution in [0, 0.1) is 23.2 Å². The molecule has 336 valence electrons. The molecule has 77 heavy (non-hydrogen) atoms. The van der Waals surface area contributed by atoms with Gasteiger partial charge in [0.2, 0.25) is 0 Å². The average Bonchev–Trinajstić information content (AvgIpc) is 2.53. The van der Waals surface area contributed by atoms with Crippen molar-refractivity contribution in [1.29, 1.82) is 0 Å². The molecule has 2 saturated carbocycles. The van der Waals surface area contributed by atoms with E-state index in [9.17, 15) is 0 Å². The van der Waals surface area contributed by atoms with E-state index >= 15 is 0 Å². The fraction of sp³-hybridized carbons (Fsp3) is 0.195. The number of fused-ring (bicyclic) bond motifs is 5. The molecule has 0 bridgehead atoms. The van der Waals surface area contributed by atoms with Crippen LogP contribution in [-0.4, -0.2) is 0 Å². The molecule has 3 unspecified atom stereocenters. The van der Waals surface area contributed by atoms with Crippen LogP contribution in [0.5, 0.6) is 0 Å².